The lowest BCUT2D eigenvalue weighted by atomic mass is 10.3. The molecule has 1 aliphatic carbocycles. The van der Waals surface area contributed by atoms with Crippen molar-refractivity contribution in [1.82, 2.24) is 21.3 Å². The van der Waals surface area contributed by atoms with Crippen molar-refractivity contribution in [2.45, 2.75) is 33.1 Å². The minimum Gasteiger partial charge on any atom is -0.317 e. The standard InChI is InChI=1S/C15H34N4.4ClH/c1-3-16-7-5-9-18-12-14-11-15(14)13-19-10-6-8-17-4-2;;;;/h14-19H,3-13H2,1-2H3;4*1H. The Kier molecular flexibility index (Phi) is 31.7. The van der Waals surface area contributed by atoms with Gasteiger partial charge in [-0.1, -0.05) is 13.8 Å². The maximum atomic E-state index is 3.58. The van der Waals surface area contributed by atoms with Crippen LogP contribution in [-0.4, -0.2) is 52.4 Å². The highest BCUT2D eigenvalue weighted by molar-refractivity contribution is 5.86. The van der Waals surface area contributed by atoms with E-state index in [0.717, 1.165) is 51.1 Å². The number of rotatable bonds is 14. The van der Waals surface area contributed by atoms with Crippen molar-refractivity contribution in [3.63, 3.8) is 0 Å². The van der Waals surface area contributed by atoms with Crippen LogP contribution in [0.2, 0.25) is 0 Å². The molecule has 4 nitrogen and oxygen atoms in total. The van der Waals surface area contributed by atoms with Gasteiger partial charge in [0, 0.05) is 0 Å². The molecule has 0 aromatic rings. The van der Waals surface area contributed by atoms with Crippen LogP contribution in [-0.2, 0) is 0 Å². The predicted octanol–water partition coefficient (Wildman–Crippen LogP) is 2.49. The Labute approximate surface area is 168 Å². The van der Waals surface area contributed by atoms with Gasteiger partial charge in [0.25, 0.3) is 0 Å². The third-order valence-corrected chi connectivity index (χ3v) is 3.80. The van der Waals surface area contributed by atoms with Crippen molar-refractivity contribution in [2.75, 3.05) is 52.4 Å². The lowest BCUT2D eigenvalue weighted by Crippen LogP contribution is -2.26. The predicted molar refractivity (Wildman–Crippen MR) is 113 cm³/mol. The van der Waals surface area contributed by atoms with E-state index < -0.39 is 0 Å². The Morgan fingerprint density at radius 3 is 1.30 bits per heavy atom. The van der Waals surface area contributed by atoms with Crippen LogP contribution in [0.15, 0.2) is 0 Å². The molecule has 0 aromatic heterocycles. The summed E-state index contributed by atoms with van der Waals surface area (Å²) in [6.45, 7) is 13.5. The lowest BCUT2D eigenvalue weighted by molar-refractivity contribution is 0.537. The quantitative estimate of drug-likeness (QED) is 0.329. The highest BCUT2D eigenvalue weighted by Crippen LogP contribution is 2.36. The molecule has 0 bridgehead atoms. The van der Waals surface area contributed by atoms with Gasteiger partial charge in [0.15, 0.2) is 0 Å². The molecule has 0 radical (unpaired) electrons. The molecule has 2 atom stereocenters. The number of nitrogens with one attached hydrogen (secondary N) is 4. The molecule has 0 aromatic carbocycles. The lowest BCUT2D eigenvalue weighted by Gasteiger charge is -2.06. The normalized spacial score (nSPS) is 18.0. The van der Waals surface area contributed by atoms with Gasteiger partial charge in [-0.05, 0) is 83.5 Å². The van der Waals surface area contributed by atoms with Gasteiger partial charge >= 0.3 is 0 Å². The highest BCUT2D eigenvalue weighted by atomic mass is 35.5. The SMILES string of the molecule is CCNCCCNCC1CC1CNCCCNCC.Cl.Cl.Cl.Cl. The van der Waals surface area contributed by atoms with Crippen LogP contribution in [0.3, 0.4) is 0 Å². The van der Waals surface area contributed by atoms with E-state index >= 15 is 0 Å². The van der Waals surface area contributed by atoms with E-state index in [1.54, 1.807) is 0 Å². The molecule has 1 fully saturated rings. The fraction of sp³-hybridized carbons (Fsp3) is 1.00. The van der Waals surface area contributed by atoms with E-state index in [2.05, 4.69) is 35.1 Å². The van der Waals surface area contributed by atoms with Crippen LogP contribution in [0.4, 0.5) is 0 Å². The van der Waals surface area contributed by atoms with Crippen molar-refractivity contribution in [3.8, 4) is 0 Å². The maximum absolute atomic E-state index is 3.58. The fourth-order valence-electron chi connectivity index (χ4n) is 2.42. The Balaban J connectivity index is -0.000000451. The van der Waals surface area contributed by atoms with Gasteiger partial charge in [-0.3, -0.25) is 0 Å². The van der Waals surface area contributed by atoms with Crippen molar-refractivity contribution in [2.24, 2.45) is 11.8 Å². The zero-order valence-corrected chi connectivity index (χ0v) is 17.8. The van der Waals surface area contributed by atoms with Gasteiger partial charge in [-0.2, -0.15) is 0 Å². The van der Waals surface area contributed by atoms with Gasteiger partial charge in [-0.25, -0.2) is 0 Å². The maximum Gasteiger partial charge on any atom is -0.00173 e. The summed E-state index contributed by atoms with van der Waals surface area (Å²) in [5, 5.41) is 13.9. The molecule has 2 unspecified atom stereocenters. The molecule has 1 aliphatic rings. The van der Waals surface area contributed by atoms with E-state index in [4.69, 9.17) is 0 Å². The molecule has 0 amide bonds. The smallest absolute Gasteiger partial charge is 0.00173 e. The zero-order chi connectivity index (χ0) is 13.8. The van der Waals surface area contributed by atoms with Crippen molar-refractivity contribution < 1.29 is 0 Å². The topological polar surface area (TPSA) is 48.1 Å². The Morgan fingerprint density at radius 2 is 0.957 bits per heavy atom. The summed E-state index contributed by atoms with van der Waals surface area (Å²) in [7, 11) is 0. The fourth-order valence-corrected chi connectivity index (χ4v) is 2.42. The van der Waals surface area contributed by atoms with Crippen LogP contribution >= 0.6 is 49.6 Å². The Morgan fingerprint density at radius 1 is 0.609 bits per heavy atom. The Bertz CT molecular complexity index is 194. The first kappa shape index (κ1) is 31.7. The van der Waals surface area contributed by atoms with Crippen LogP contribution in [0.5, 0.6) is 0 Å². The average molecular weight is 416 g/mol. The van der Waals surface area contributed by atoms with Crippen molar-refractivity contribution in [1.29, 1.82) is 0 Å². The van der Waals surface area contributed by atoms with Crippen LogP contribution < -0.4 is 21.3 Å². The van der Waals surface area contributed by atoms with E-state index in [1.807, 2.05) is 0 Å². The molecular weight excluding hydrogens is 378 g/mol. The molecule has 0 heterocycles. The second-order valence-corrected chi connectivity index (χ2v) is 5.58. The van der Waals surface area contributed by atoms with Crippen LogP contribution in [0, 0.1) is 11.8 Å². The number of hydrogen-bond acceptors (Lipinski definition) is 4. The summed E-state index contributed by atoms with van der Waals surface area (Å²) < 4.78 is 0. The van der Waals surface area contributed by atoms with Gasteiger partial charge in [-0.15, -0.1) is 49.6 Å². The molecule has 8 heteroatoms. The molecule has 0 saturated heterocycles. The van der Waals surface area contributed by atoms with Gasteiger partial charge in [0.05, 0.1) is 0 Å². The second-order valence-electron chi connectivity index (χ2n) is 5.58. The molecule has 4 N–H and O–H groups in total. The van der Waals surface area contributed by atoms with Crippen LogP contribution in [0.25, 0.3) is 0 Å². The van der Waals surface area contributed by atoms with Gasteiger partial charge in [0.1, 0.15) is 0 Å². The summed E-state index contributed by atoms with van der Waals surface area (Å²) in [5.41, 5.74) is 0. The molecule has 0 aliphatic heterocycles. The van der Waals surface area contributed by atoms with Crippen LogP contribution in [0.1, 0.15) is 33.1 Å². The first-order valence-corrected chi connectivity index (χ1v) is 8.21. The summed E-state index contributed by atoms with van der Waals surface area (Å²) >= 11 is 0. The minimum atomic E-state index is 0. The highest BCUT2D eigenvalue weighted by Gasteiger charge is 2.35. The monoisotopic (exact) mass is 414 g/mol. The zero-order valence-electron chi connectivity index (χ0n) is 14.6. The van der Waals surface area contributed by atoms with Gasteiger partial charge < -0.3 is 21.3 Å². The first-order valence-electron chi connectivity index (χ1n) is 8.21. The van der Waals surface area contributed by atoms with Crippen molar-refractivity contribution >= 4 is 49.6 Å². The summed E-state index contributed by atoms with van der Waals surface area (Å²) in [5.74, 6) is 1.86. The molecule has 1 saturated carbocycles. The van der Waals surface area contributed by atoms with E-state index in [0.29, 0.717) is 0 Å². The summed E-state index contributed by atoms with van der Waals surface area (Å²) in [6.07, 6.45) is 3.90. The van der Waals surface area contributed by atoms with Gasteiger partial charge in [0.2, 0.25) is 0 Å². The summed E-state index contributed by atoms with van der Waals surface area (Å²) in [4.78, 5) is 0. The first-order chi connectivity index (χ1) is 9.38. The average Bonchev–Trinajstić information content (AvgIpc) is 3.16. The molecule has 146 valence electrons. The van der Waals surface area contributed by atoms with E-state index in [1.165, 1.54) is 32.4 Å². The molecule has 0 spiro atoms. The Hall–Kier alpha value is 1.00. The largest absolute Gasteiger partial charge is 0.317 e. The second kappa shape index (κ2) is 23.0. The minimum absolute atomic E-state index is 0. The number of hydrogen-bond donors (Lipinski definition) is 4. The van der Waals surface area contributed by atoms with Crippen molar-refractivity contribution in [3.05, 3.63) is 0 Å². The molecule has 23 heavy (non-hydrogen) atoms. The number of halogens is 4. The third kappa shape index (κ3) is 19.2. The molecular formula is C15H38Cl4N4. The van der Waals surface area contributed by atoms with E-state index in [9.17, 15) is 0 Å². The van der Waals surface area contributed by atoms with E-state index in [-0.39, 0.29) is 49.6 Å². The summed E-state index contributed by atoms with van der Waals surface area (Å²) in [6, 6.07) is 0. The molecule has 1 rings (SSSR count). The third-order valence-electron chi connectivity index (χ3n) is 3.80.